The number of hydrogen-bond acceptors (Lipinski definition) is 3. The van der Waals surface area contributed by atoms with Crippen molar-refractivity contribution in [3.05, 3.63) is 53.6 Å². The van der Waals surface area contributed by atoms with Gasteiger partial charge in [0.05, 0.1) is 6.04 Å². The van der Waals surface area contributed by atoms with Crippen molar-refractivity contribution in [3.8, 4) is 0 Å². The molecule has 0 radical (unpaired) electrons. The minimum atomic E-state index is 0.130. The van der Waals surface area contributed by atoms with Crippen LogP contribution in [0.1, 0.15) is 81.9 Å². The number of benzene rings is 2. The standard InChI is InChI=1S/C29H37N3O2/c1-19-7-5-6-10-25(19)29(34)31-24-15-16-26-22(17-24)18-27(32-26)20-11-13-23(14-12-20)30-28(33)21-8-3-2-4-9-21/h11-17,19,21,25,27,32H,2-10,18H2,1H3,(H,30,33)(H,31,34). The highest BCUT2D eigenvalue weighted by molar-refractivity contribution is 5.93. The van der Waals surface area contributed by atoms with Gasteiger partial charge in [-0.25, -0.2) is 0 Å². The third-order valence-electron chi connectivity index (χ3n) is 8.13. The summed E-state index contributed by atoms with van der Waals surface area (Å²) in [5.74, 6) is 1.08. The van der Waals surface area contributed by atoms with Crippen LogP contribution in [-0.4, -0.2) is 11.8 Å². The second kappa shape index (κ2) is 10.2. The van der Waals surface area contributed by atoms with Crippen LogP contribution in [0.2, 0.25) is 0 Å². The normalized spacial score (nSPS) is 24.7. The summed E-state index contributed by atoms with van der Waals surface area (Å²) in [6, 6.07) is 14.6. The fraction of sp³-hybridized carbons (Fsp3) is 0.517. The Kier molecular flexibility index (Phi) is 6.89. The van der Waals surface area contributed by atoms with Crippen molar-refractivity contribution in [2.45, 2.75) is 77.2 Å². The Morgan fingerprint density at radius 2 is 1.47 bits per heavy atom. The number of amides is 2. The molecule has 3 aliphatic rings. The van der Waals surface area contributed by atoms with Gasteiger partial charge in [-0.15, -0.1) is 0 Å². The van der Waals surface area contributed by atoms with Crippen LogP contribution < -0.4 is 16.0 Å². The molecule has 1 heterocycles. The van der Waals surface area contributed by atoms with E-state index in [-0.39, 0.29) is 29.7 Å². The van der Waals surface area contributed by atoms with E-state index in [1.165, 1.54) is 24.0 Å². The van der Waals surface area contributed by atoms with Gasteiger partial charge in [0.1, 0.15) is 0 Å². The third kappa shape index (κ3) is 5.13. The minimum Gasteiger partial charge on any atom is -0.378 e. The van der Waals surface area contributed by atoms with Gasteiger partial charge in [0.15, 0.2) is 0 Å². The summed E-state index contributed by atoms with van der Waals surface area (Å²) < 4.78 is 0. The van der Waals surface area contributed by atoms with Crippen molar-refractivity contribution in [1.82, 2.24) is 0 Å². The third-order valence-corrected chi connectivity index (χ3v) is 8.13. The first kappa shape index (κ1) is 22.9. The summed E-state index contributed by atoms with van der Waals surface area (Å²) in [5.41, 5.74) is 5.33. The van der Waals surface area contributed by atoms with Crippen LogP contribution in [0.4, 0.5) is 17.1 Å². The Balaban J connectivity index is 1.18. The van der Waals surface area contributed by atoms with Crippen molar-refractivity contribution in [2.75, 3.05) is 16.0 Å². The molecule has 0 spiro atoms. The van der Waals surface area contributed by atoms with Crippen molar-refractivity contribution in [2.24, 2.45) is 17.8 Å². The van der Waals surface area contributed by atoms with Crippen molar-refractivity contribution in [1.29, 1.82) is 0 Å². The lowest BCUT2D eigenvalue weighted by Gasteiger charge is -2.27. The van der Waals surface area contributed by atoms with Crippen LogP contribution in [-0.2, 0) is 16.0 Å². The van der Waals surface area contributed by atoms with Crippen molar-refractivity contribution < 1.29 is 9.59 Å². The molecule has 3 N–H and O–H groups in total. The Morgan fingerprint density at radius 3 is 2.24 bits per heavy atom. The molecular formula is C29H37N3O2. The number of carbonyl (C=O) groups excluding carboxylic acids is 2. The predicted molar refractivity (Wildman–Crippen MR) is 138 cm³/mol. The molecule has 180 valence electrons. The van der Waals surface area contributed by atoms with Gasteiger partial charge in [-0.3, -0.25) is 9.59 Å². The van der Waals surface area contributed by atoms with E-state index in [0.29, 0.717) is 5.92 Å². The van der Waals surface area contributed by atoms with E-state index in [1.807, 2.05) is 18.2 Å². The molecule has 2 fully saturated rings. The fourth-order valence-electron chi connectivity index (χ4n) is 5.99. The van der Waals surface area contributed by atoms with E-state index >= 15 is 0 Å². The molecule has 3 unspecified atom stereocenters. The Labute approximate surface area is 203 Å². The summed E-state index contributed by atoms with van der Waals surface area (Å²) in [5, 5.41) is 9.89. The molecule has 5 nitrogen and oxygen atoms in total. The minimum absolute atomic E-state index is 0.130. The monoisotopic (exact) mass is 459 g/mol. The largest absolute Gasteiger partial charge is 0.378 e. The highest BCUT2D eigenvalue weighted by atomic mass is 16.2. The molecule has 2 aliphatic carbocycles. The lowest BCUT2D eigenvalue weighted by molar-refractivity contribution is -0.122. The highest BCUT2D eigenvalue weighted by Crippen LogP contribution is 2.37. The molecule has 5 rings (SSSR count). The topological polar surface area (TPSA) is 70.2 Å². The molecule has 0 saturated heterocycles. The molecule has 5 heteroatoms. The van der Waals surface area contributed by atoms with Crippen LogP contribution in [0, 0.1) is 17.8 Å². The predicted octanol–water partition coefficient (Wildman–Crippen LogP) is 6.68. The van der Waals surface area contributed by atoms with E-state index in [4.69, 9.17) is 0 Å². The average Bonchev–Trinajstić information content (AvgIpc) is 3.29. The van der Waals surface area contributed by atoms with Crippen LogP contribution in [0.5, 0.6) is 0 Å². The van der Waals surface area contributed by atoms with E-state index in [9.17, 15) is 9.59 Å². The molecule has 1 aliphatic heterocycles. The van der Waals surface area contributed by atoms with Gasteiger partial charge in [-0.05, 0) is 79.5 Å². The van der Waals surface area contributed by atoms with E-state index in [0.717, 1.165) is 68.4 Å². The molecule has 2 aromatic rings. The van der Waals surface area contributed by atoms with Crippen LogP contribution in [0.15, 0.2) is 42.5 Å². The molecular weight excluding hydrogens is 422 g/mol. The fourth-order valence-corrected chi connectivity index (χ4v) is 5.99. The van der Waals surface area contributed by atoms with Gasteiger partial charge < -0.3 is 16.0 Å². The molecule has 34 heavy (non-hydrogen) atoms. The van der Waals surface area contributed by atoms with Gasteiger partial charge in [0.25, 0.3) is 0 Å². The van der Waals surface area contributed by atoms with Crippen LogP contribution in [0.25, 0.3) is 0 Å². The van der Waals surface area contributed by atoms with Gasteiger partial charge in [0.2, 0.25) is 11.8 Å². The van der Waals surface area contributed by atoms with Crippen molar-refractivity contribution >= 4 is 28.9 Å². The van der Waals surface area contributed by atoms with Crippen LogP contribution in [0.3, 0.4) is 0 Å². The van der Waals surface area contributed by atoms with E-state index in [1.54, 1.807) is 0 Å². The zero-order chi connectivity index (χ0) is 23.5. The van der Waals surface area contributed by atoms with E-state index in [2.05, 4.69) is 47.1 Å². The highest BCUT2D eigenvalue weighted by Gasteiger charge is 2.28. The Morgan fingerprint density at radius 1 is 0.794 bits per heavy atom. The van der Waals surface area contributed by atoms with Gasteiger partial charge >= 0.3 is 0 Å². The number of hydrogen-bond donors (Lipinski definition) is 3. The maximum absolute atomic E-state index is 12.8. The van der Waals surface area contributed by atoms with Crippen LogP contribution >= 0.6 is 0 Å². The second-order valence-electron chi connectivity index (χ2n) is 10.6. The summed E-state index contributed by atoms with van der Waals surface area (Å²) >= 11 is 0. The molecule has 0 bridgehead atoms. The van der Waals surface area contributed by atoms with Gasteiger partial charge in [-0.2, -0.15) is 0 Å². The number of carbonyl (C=O) groups is 2. The summed E-state index contributed by atoms with van der Waals surface area (Å²) in [4.78, 5) is 25.3. The average molecular weight is 460 g/mol. The van der Waals surface area contributed by atoms with Crippen molar-refractivity contribution in [3.63, 3.8) is 0 Å². The lowest BCUT2D eigenvalue weighted by Crippen LogP contribution is -2.30. The first-order valence-electron chi connectivity index (χ1n) is 13.2. The lowest BCUT2D eigenvalue weighted by atomic mass is 9.80. The zero-order valence-electron chi connectivity index (χ0n) is 20.2. The Hall–Kier alpha value is -2.82. The number of fused-ring (bicyclic) bond motifs is 1. The molecule has 2 amide bonds. The van der Waals surface area contributed by atoms with Gasteiger partial charge in [0, 0.05) is 28.9 Å². The maximum atomic E-state index is 12.8. The number of rotatable bonds is 5. The smallest absolute Gasteiger partial charge is 0.227 e. The molecule has 2 aromatic carbocycles. The summed E-state index contributed by atoms with van der Waals surface area (Å²) in [6.07, 6.45) is 11.0. The zero-order valence-corrected chi connectivity index (χ0v) is 20.2. The van der Waals surface area contributed by atoms with E-state index < -0.39 is 0 Å². The SMILES string of the molecule is CC1CCCCC1C(=O)Nc1ccc2c(c1)CC(c1ccc(NC(=O)C3CCCCC3)cc1)N2. The summed E-state index contributed by atoms with van der Waals surface area (Å²) in [7, 11) is 0. The molecule has 0 aromatic heterocycles. The quantitative estimate of drug-likeness (QED) is 0.467. The first-order valence-corrected chi connectivity index (χ1v) is 13.2. The second-order valence-corrected chi connectivity index (χ2v) is 10.6. The molecule has 3 atom stereocenters. The number of anilines is 3. The maximum Gasteiger partial charge on any atom is 0.227 e. The first-order chi connectivity index (χ1) is 16.6. The summed E-state index contributed by atoms with van der Waals surface area (Å²) in [6.45, 7) is 2.20. The van der Waals surface area contributed by atoms with Gasteiger partial charge in [-0.1, -0.05) is 51.2 Å². The molecule has 2 saturated carbocycles. The Bertz CT molecular complexity index is 1030. The number of nitrogens with one attached hydrogen (secondary N) is 3.